The van der Waals surface area contributed by atoms with Gasteiger partial charge >= 0.3 is 12.5 Å². The van der Waals surface area contributed by atoms with Gasteiger partial charge in [0.1, 0.15) is 11.6 Å². The molecule has 142 heavy (non-hydrogen) atoms. The zero-order chi connectivity index (χ0) is 101. The molecule has 0 bridgehead atoms. The topological polar surface area (TPSA) is 129 Å². The minimum Gasteiger partial charge on any atom is -0.406 e. The van der Waals surface area contributed by atoms with Crippen LogP contribution in [-0.4, -0.2) is 138 Å². The van der Waals surface area contributed by atoms with Gasteiger partial charge in [0.15, 0.2) is 0 Å². The second-order valence-corrected chi connectivity index (χ2v) is 38.7. The van der Waals surface area contributed by atoms with Crippen LogP contribution in [0, 0.1) is 33.5 Å². The summed E-state index contributed by atoms with van der Waals surface area (Å²) in [5.74, 6) is -1.75. The summed E-state index contributed by atoms with van der Waals surface area (Å²) in [5.41, 5.74) is 17.3. The van der Waals surface area contributed by atoms with Crippen LogP contribution in [0.25, 0.3) is 22.3 Å². The second-order valence-electron chi connectivity index (χ2n) is 35.3. The quantitative estimate of drug-likeness (QED) is 0.0718. The molecule has 12 aromatic carbocycles. The number of aromatic nitrogens is 2. The molecular formula is C112H99Cl8F7N10O5. The smallest absolute Gasteiger partial charge is 0.406 e. The van der Waals surface area contributed by atoms with Gasteiger partial charge in [0.2, 0.25) is 23.6 Å². The fourth-order valence-corrected chi connectivity index (χ4v) is 20.0. The Morgan fingerprint density at radius 2 is 0.648 bits per heavy atom. The van der Waals surface area contributed by atoms with Gasteiger partial charge in [0.05, 0.1) is 98.3 Å². The highest BCUT2D eigenvalue weighted by Crippen LogP contribution is 2.44. The first kappa shape index (κ1) is 104. The Bertz CT molecular complexity index is 6750. The molecule has 0 saturated carbocycles. The van der Waals surface area contributed by atoms with Crippen molar-refractivity contribution in [1.29, 1.82) is 0 Å². The van der Waals surface area contributed by atoms with E-state index in [1.54, 1.807) is 52.5 Å². The maximum absolute atomic E-state index is 13.5. The molecule has 2 aromatic heterocycles. The van der Waals surface area contributed by atoms with Crippen LogP contribution in [0.2, 0.25) is 40.2 Å². The highest BCUT2D eigenvalue weighted by Gasteiger charge is 2.40. The fourth-order valence-electron chi connectivity index (χ4n) is 18.1. The molecule has 0 radical (unpaired) electrons. The lowest BCUT2D eigenvalue weighted by atomic mass is 9.99. The number of ether oxygens (including phenoxy) is 1. The Labute approximate surface area is 861 Å². The molecule has 4 aliphatic heterocycles. The van der Waals surface area contributed by atoms with E-state index in [-0.39, 0.29) is 66.2 Å². The standard InChI is InChI=1S/2C30H27Cl2N3O.C26H22Cl2F4N2O.C26H23Cl2F3N2O2/c1-21-7-12-28(27(32)16-21)35-15-14-34(20-29(35)23-8-10-26(31)11-9-23)30(36)18-22-4-2-5-24(17-22)25-6-3-13-33-19-25;1-21-4-13-28(27(32)17-21)35-16-15-34(20-29(35)24-9-11-26(31)12-10-24)30(36)18-22-5-7-23(8-6-22)25-3-2-14-33-19-25;1-16-2-9-23(22(28)12-16)34-11-10-33(15-24(34)17-3-6-19(27)7-4-17)25(35)13-18-5-8-20(29)14-21(18)26(30,31)32;1-17-5-10-23(22(28)13-17)33-12-11-32(16-24(33)19-6-8-20(27)9-7-19)25(34)15-18-3-2-4-21(14-18)35-26(29,30)31/h2-13,16-17,19,29H,14-15,18,20H2,1H3;2-14,17,19,29H,15-16,18,20H2,1H3;2-9,12,14,24H,10-11,13,15H2,1H3;2-10,13-14,24H,11-12,15-16H2,1H3. The number of benzene rings is 12. The van der Waals surface area contributed by atoms with Crippen molar-refractivity contribution in [3.63, 3.8) is 0 Å². The molecule has 4 atom stereocenters. The van der Waals surface area contributed by atoms with Crippen LogP contribution < -0.4 is 24.3 Å². The van der Waals surface area contributed by atoms with E-state index >= 15 is 0 Å². The molecule has 0 aliphatic carbocycles. The average Bonchev–Trinajstić information content (AvgIpc) is 0.790. The summed E-state index contributed by atoms with van der Waals surface area (Å²) in [4.78, 5) is 77.5. The summed E-state index contributed by atoms with van der Waals surface area (Å²) in [6.07, 6.45) is -2.13. The number of piperazine rings is 4. The van der Waals surface area contributed by atoms with Crippen molar-refractivity contribution in [3.05, 3.63) is 428 Å². The Morgan fingerprint density at radius 3 is 0.979 bits per heavy atom. The monoisotopic (exact) mass is 2080 g/mol. The third-order valence-corrected chi connectivity index (χ3v) is 27.6. The third kappa shape index (κ3) is 27.3. The summed E-state index contributed by atoms with van der Waals surface area (Å²) < 4.78 is 95.4. The largest absolute Gasteiger partial charge is 0.573 e. The minimum absolute atomic E-state index is 0.0203. The molecule has 4 unspecified atom stereocenters. The van der Waals surface area contributed by atoms with Crippen LogP contribution in [0.3, 0.4) is 0 Å². The molecule has 4 saturated heterocycles. The number of carbonyl (C=O) groups is 4. The number of nitrogens with zero attached hydrogens (tertiary/aromatic N) is 10. The fraction of sp³-hybridized carbons (Fsp3) is 0.232. The maximum Gasteiger partial charge on any atom is 0.573 e. The van der Waals surface area contributed by atoms with Gasteiger partial charge < -0.3 is 43.9 Å². The van der Waals surface area contributed by atoms with Gasteiger partial charge in [0.25, 0.3) is 0 Å². The lowest BCUT2D eigenvalue weighted by Gasteiger charge is -2.43. The van der Waals surface area contributed by atoms with Crippen molar-refractivity contribution < 1.29 is 54.6 Å². The number of rotatable bonds is 19. The van der Waals surface area contributed by atoms with E-state index in [1.165, 1.54) is 18.2 Å². The lowest BCUT2D eigenvalue weighted by Crippen LogP contribution is -2.51. The molecule has 14 aromatic rings. The lowest BCUT2D eigenvalue weighted by molar-refractivity contribution is -0.274. The summed E-state index contributed by atoms with van der Waals surface area (Å²) in [7, 11) is 0. The van der Waals surface area contributed by atoms with Gasteiger partial charge in [-0.25, -0.2) is 4.39 Å². The van der Waals surface area contributed by atoms with Gasteiger partial charge in [-0.15, -0.1) is 13.2 Å². The summed E-state index contributed by atoms with van der Waals surface area (Å²) in [5, 5.41) is 5.21. The number of hydrogen-bond acceptors (Lipinski definition) is 11. The van der Waals surface area contributed by atoms with Crippen molar-refractivity contribution >= 4 is 139 Å². The van der Waals surface area contributed by atoms with E-state index in [4.69, 9.17) is 92.8 Å². The first-order valence-electron chi connectivity index (χ1n) is 46.0. The molecule has 18 rings (SSSR count). The molecule has 30 heteroatoms. The van der Waals surface area contributed by atoms with Crippen molar-refractivity contribution in [2.75, 3.05) is 98.1 Å². The van der Waals surface area contributed by atoms with Gasteiger partial charge in [-0.1, -0.05) is 244 Å². The number of halogens is 15. The van der Waals surface area contributed by atoms with Crippen LogP contribution in [-0.2, 0) is 51.0 Å². The Balaban J connectivity index is 0.000000143. The van der Waals surface area contributed by atoms with Crippen molar-refractivity contribution in [2.45, 2.75) is 90.1 Å². The third-order valence-electron chi connectivity index (χ3n) is 25.4. The van der Waals surface area contributed by atoms with Crippen molar-refractivity contribution in [2.24, 2.45) is 0 Å². The van der Waals surface area contributed by atoms with Gasteiger partial charge in [0, 0.05) is 123 Å². The average molecular weight is 2080 g/mol. The highest BCUT2D eigenvalue weighted by molar-refractivity contribution is 6.35. The molecule has 4 fully saturated rings. The maximum atomic E-state index is 13.5. The van der Waals surface area contributed by atoms with Crippen LogP contribution in [0.15, 0.2) is 310 Å². The predicted octanol–water partition coefficient (Wildman–Crippen LogP) is 27.9. The molecular weight excluding hydrogens is 1980 g/mol. The highest BCUT2D eigenvalue weighted by atomic mass is 35.5. The zero-order valence-corrected chi connectivity index (χ0v) is 83.8. The van der Waals surface area contributed by atoms with E-state index in [2.05, 4.69) is 64.6 Å². The number of amides is 4. The summed E-state index contributed by atoms with van der Waals surface area (Å²) in [6, 6.07) is 85.9. The van der Waals surface area contributed by atoms with Gasteiger partial charge in [-0.3, -0.25) is 29.1 Å². The number of alkyl halides is 6. The Hall–Kier alpha value is -12.4. The SMILES string of the molecule is Cc1ccc(N2CCN(C(=O)Cc3ccc(-c4cccnc4)cc3)CC2c2ccc(Cl)cc2)c(Cl)c1.Cc1ccc(N2CCN(C(=O)Cc3ccc(F)cc3C(F)(F)F)CC2c2ccc(Cl)cc2)c(Cl)c1.Cc1ccc(N2CCN(C(=O)Cc3cccc(-c4cccnc4)c3)CC2c2ccc(Cl)cc2)c(Cl)c1.Cc1ccc(N2CCN(C(=O)Cc3cccc(OC(F)(F)F)c3)CC2c2ccc(Cl)cc2)c(Cl)c1. The molecule has 4 aliphatic rings. The van der Waals surface area contributed by atoms with E-state index in [1.807, 2.05) is 238 Å². The zero-order valence-electron chi connectivity index (χ0n) is 77.8. The van der Waals surface area contributed by atoms with Crippen molar-refractivity contribution in [1.82, 2.24) is 29.6 Å². The van der Waals surface area contributed by atoms with Crippen LogP contribution >= 0.6 is 92.8 Å². The second kappa shape index (κ2) is 47.2. The molecule has 4 amide bonds. The number of carbonyl (C=O) groups excluding carboxylic acids is 4. The van der Waals surface area contributed by atoms with Crippen LogP contribution in [0.1, 0.15) is 96.5 Å². The normalized spacial score (nSPS) is 16.0. The predicted molar refractivity (Wildman–Crippen MR) is 556 cm³/mol. The van der Waals surface area contributed by atoms with E-state index in [0.717, 1.165) is 123 Å². The summed E-state index contributed by atoms with van der Waals surface area (Å²) >= 11 is 50.9. The number of anilines is 4. The van der Waals surface area contributed by atoms with Crippen LogP contribution in [0.5, 0.6) is 5.75 Å². The van der Waals surface area contributed by atoms with E-state index in [9.17, 15) is 49.9 Å². The molecule has 0 spiro atoms. The first-order valence-corrected chi connectivity index (χ1v) is 49.0. The summed E-state index contributed by atoms with van der Waals surface area (Å²) in [6.45, 7) is 14.2. The minimum atomic E-state index is -4.79. The Kier molecular flexibility index (Phi) is 34.6. The molecule has 6 heterocycles. The number of aryl methyl sites for hydroxylation is 4. The molecule has 0 N–H and O–H groups in total. The molecule has 732 valence electrons. The molecule has 15 nitrogen and oxygen atoms in total. The number of hydrogen-bond donors (Lipinski definition) is 0. The van der Waals surface area contributed by atoms with E-state index < -0.39 is 36.2 Å². The van der Waals surface area contributed by atoms with Gasteiger partial charge in [-0.05, 0) is 250 Å². The van der Waals surface area contributed by atoms with Gasteiger partial charge in [-0.2, -0.15) is 13.2 Å². The van der Waals surface area contributed by atoms with Crippen LogP contribution in [0.4, 0.5) is 53.5 Å². The van der Waals surface area contributed by atoms with E-state index in [0.29, 0.717) is 127 Å². The number of pyridine rings is 2. The van der Waals surface area contributed by atoms with Crippen molar-refractivity contribution in [3.8, 4) is 28.0 Å². The first-order chi connectivity index (χ1) is 68.1. The Morgan fingerprint density at radius 1 is 0.324 bits per heavy atom.